The first-order valence-electron chi connectivity index (χ1n) is 5.89. The van der Waals surface area contributed by atoms with Crippen molar-refractivity contribution in [1.82, 2.24) is 9.36 Å². The summed E-state index contributed by atoms with van der Waals surface area (Å²) in [7, 11) is 0. The molecule has 4 nitrogen and oxygen atoms in total. The van der Waals surface area contributed by atoms with Gasteiger partial charge >= 0.3 is 0 Å². The van der Waals surface area contributed by atoms with Crippen LogP contribution in [0, 0.1) is 13.8 Å². The quantitative estimate of drug-likeness (QED) is 0.853. The molecule has 2 N–H and O–H groups in total. The molecule has 0 aromatic carbocycles. The molecule has 2 heterocycles. The maximum absolute atomic E-state index is 6.19. The second-order valence-corrected chi connectivity index (χ2v) is 6.31. The lowest BCUT2D eigenvalue weighted by molar-refractivity contribution is 0.454. The number of rotatable bonds is 5. The van der Waals surface area contributed by atoms with Crippen LogP contribution in [0.2, 0.25) is 0 Å². The molecule has 0 saturated carbocycles. The Hall–Kier alpha value is -0.850. The number of hydrogen-bond acceptors (Lipinski definition) is 6. The third kappa shape index (κ3) is 3.13. The van der Waals surface area contributed by atoms with Gasteiger partial charge in [0, 0.05) is 6.04 Å². The summed E-state index contributed by atoms with van der Waals surface area (Å²) in [5.41, 5.74) is 6.19. The van der Waals surface area contributed by atoms with Gasteiger partial charge in [-0.15, -0.1) is 0 Å². The van der Waals surface area contributed by atoms with E-state index in [0.29, 0.717) is 0 Å². The molecular formula is C12H17N3OS2. The zero-order valence-electron chi connectivity index (χ0n) is 10.7. The Morgan fingerprint density at radius 1 is 1.44 bits per heavy atom. The lowest BCUT2D eigenvalue weighted by atomic mass is 10.1. The molecule has 6 heteroatoms. The van der Waals surface area contributed by atoms with E-state index < -0.39 is 0 Å². The van der Waals surface area contributed by atoms with Crippen molar-refractivity contribution in [2.75, 3.05) is 0 Å². The van der Waals surface area contributed by atoms with E-state index in [1.54, 1.807) is 11.8 Å². The van der Waals surface area contributed by atoms with Crippen LogP contribution < -0.4 is 5.73 Å². The van der Waals surface area contributed by atoms with Crippen LogP contribution in [0.25, 0.3) is 0 Å². The van der Waals surface area contributed by atoms with Gasteiger partial charge < -0.3 is 10.2 Å². The van der Waals surface area contributed by atoms with Gasteiger partial charge in [0.25, 0.3) is 0 Å². The predicted molar refractivity (Wildman–Crippen MR) is 75.0 cm³/mol. The number of thioether (sulfide) groups is 1. The molecule has 0 aliphatic rings. The maximum atomic E-state index is 6.19. The molecule has 2 aromatic rings. The highest BCUT2D eigenvalue weighted by Crippen LogP contribution is 2.39. The van der Waals surface area contributed by atoms with Crippen LogP contribution in [0.4, 0.5) is 0 Å². The van der Waals surface area contributed by atoms with Crippen LogP contribution in [0.15, 0.2) is 20.9 Å². The van der Waals surface area contributed by atoms with Gasteiger partial charge in [0.1, 0.15) is 17.3 Å². The highest BCUT2D eigenvalue weighted by Gasteiger charge is 2.24. The van der Waals surface area contributed by atoms with Gasteiger partial charge in [0.05, 0.1) is 5.25 Å². The molecule has 0 spiro atoms. The van der Waals surface area contributed by atoms with Crippen molar-refractivity contribution in [3.05, 3.63) is 29.5 Å². The van der Waals surface area contributed by atoms with E-state index in [0.717, 1.165) is 28.1 Å². The fourth-order valence-electron chi connectivity index (χ4n) is 1.61. The summed E-state index contributed by atoms with van der Waals surface area (Å²) < 4.78 is 10.8. The summed E-state index contributed by atoms with van der Waals surface area (Å²) in [5, 5.41) is 0.0936. The van der Waals surface area contributed by atoms with Crippen molar-refractivity contribution >= 4 is 23.3 Å². The molecule has 98 valence electrons. The Morgan fingerprint density at radius 3 is 2.72 bits per heavy atom. The molecule has 2 rings (SSSR count). The van der Waals surface area contributed by atoms with Gasteiger partial charge in [-0.1, -0.05) is 18.7 Å². The zero-order valence-corrected chi connectivity index (χ0v) is 12.3. The summed E-state index contributed by atoms with van der Waals surface area (Å²) in [6, 6.07) is 4.01. The van der Waals surface area contributed by atoms with Crippen LogP contribution in [0.3, 0.4) is 0 Å². The predicted octanol–water partition coefficient (Wildman–Crippen LogP) is 3.32. The second-order valence-electron chi connectivity index (χ2n) is 4.17. The van der Waals surface area contributed by atoms with E-state index >= 15 is 0 Å². The van der Waals surface area contributed by atoms with Crippen molar-refractivity contribution in [1.29, 1.82) is 0 Å². The van der Waals surface area contributed by atoms with Crippen molar-refractivity contribution < 1.29 is 4.42 Å². The Balaban J connectivity index is 2.20. The molecule has 0 saturated heterocycles. The van der Waals surface area contributed by atoms with E-state index in [9.17, 15) is 0 Å². The standard InChI is InChI=1S/C12H17N3OS2/c1-4-9(13)11(10-6-5-7(2)16-10)17-12-14-8(3)15-18-12/h5-6,9,11H,4,13H2,1-3H3. The Bertz CT molecular complexity index is 509. The lowest BCUT2D eigenvalue weighted by Gasteiger charge is -2.18. The van der Waals surface area contributed by atoms with E-state index in [4.69, 9.17) is 10.2 Å². The van der Waals surface area contributed by atoms with Crippen LogP contribution in [0.1, 0.15) is 35.9 Å². The Labute approximate surface area is 115 Å². The number of hydrogen-bond donors (Lipinski definition) is 1. The van der Waals surface area contributed by atoms with Gasteiger partial charge in [-0.05, 0) is 43.9 Å². The molecule has 0 bridgehead atoms. The highest BCUT2D eigenvalue weighted by atomic mass is 32.2. The molecule has 0 radical (unpaired) electrons. The monoisotopic (exact) mass is 283 g/mol. The summed E-state index contributed by atoms with van der Waals surface area (Å²) >= 11 is 3.05. The van der Waals surface area contributed by atoms with Crippen LogP contribution in [-0.2, 0) is 0 Å². The van der Waals surface area contributed by atoms with E-state index in [2.05, 4.69) is 16.3 Å². The molecule has 0 amide bonds. The summed E-state index contributed by atoms with van der Waals surface area (Å²) in [6.07, 6.45) is 0.898. The van der Waals surface area contributed by atoms with E-state index in [-0.39, 0.29) is 11.3 Å². The van der Waals surface area contributed by atoms with Crippen molar-refractivity contribution in [3.8, 4) is 0 Å². The first kappa shape index (κ1) is 13.6. The third-order valence-corrected chi connectivity index (χ3v) is 4.88. The number of furan rings is 1. The largest absolute Gasteiger partial charge is 0.465 e. The summed E-state index contributed by atoms with van der Waals surface area (Å²) in [5.74, 6) is 2.63. The first-order valence-corrected chi connectivity index (χ1v) is 7.54. The molecule has 0 aliphatic carbocycles. The minimum absolute atomic E-state index is 0.0461. The maximum Gasteiger partial charge on any atom is 0.170 e. The summed E-state index contributed by atoms with van der Waals surface area (Å²) in [6.45, 7) is 5.92. The number of aromatic nitrogens is 2. The molecule has 18 heavy (non-hydrogen) atoms. The smallest absolute Gasteiger partial charge is 0.170 e. The first-order chi connectivity index (χ1) is 8.60. The van der Waals surface area contributed by atoms with Gasteiger partial charge in [-0.2, -0.15) is 4.37 Å². The molecule has 0 fully saturated rings. The topological polar surface area (TPSA) is 64.9 Å². The Kier molecular flexibility index (Phi) is 4.42. The number of nitrogens with two attached hydrogens (primary N) is 1. The minimum Gasteiger partial charge on any atom is -0.465 e. The zero-order chi connectivity index (χ0) is 13.1. The van der Waals surface area contributed by atoms with Gasteiger partial charge in [0.2, 0.25) is 0 Å². The summed E-state index contributed by atoms with van der Waals surface area (Å²) in [4.78, 5) is 4.37. The average Bonchev–Trinajstić information content (AvgIpc) is 2.94. The normalized spacial score (nSPS) is 14.7. The highest BCUT2D eigenvalue weighted by molar-refractivity contribution is 8.01. The van der Waals surface area contributed by atoms with E-state index in [1.165, 1.54) is 11.5 Å². The fraction of sp³-hybridized carbons (Fsp3) is 0.500. The molecule has 2 atom stereocenters. The van der Waals surface area contributed by atoms with Crippen LogP contribution >= 0.6 is 23.3 Å². The molecule has 2 unspecified atom stereocenters. The molecule has 0 aliphatic heterocycles. The van der Waals surface area contributed by atoms with Gasteiger partial charge in [-0.25, -0.2) is 4.98 Å². The SMILES string of the molecule is CCC(N)C(Sc1nc(C)ns1)c1ccc(C)o1. The minimum atomic E-state index is 0.0461. The third-order valence-electron chi connectivity index (χ3n) is 2.64. The van der Waals surface area contributed by atoms with Crippen LogP contribution in [-0.4, -0.2) is 15.4 Å². The molecule has 2 aromatic heterocycles. The van der Waals surface area contributed by atoms with Gasteiger partial charge in [0.15, 0.2) is 4.34 Å². The number of aryl methyl sites for hydroxylation is 2. The second kappa shape index (κ2) is 5.86. The molecular weight excluding hydrogens is 266 g/mol. The van der Waals surface area contributed by atoms with Gasteiger partial charge in [-0.3, -0.25) is 0 Å². The Morgan fingerprint density at radius 2 is 2.22 bits per heavy atom. The van der Waals surface area contributed by atoms with Crippen molar-refractivity contribution in [2.45, 2.75) is 42.8 Å². The van der Waals surface area contributed by atoms with Crippen molar-refractivity contribution in [2.24, 2.45) is 5.73 Å². The fourth-order valence-corrected chi connectivity index (χ4v) is 3.64. The van der Waals surface area contributed by atoms with Crippen LogP contribution in [0.5, 0.6) is 0 Å². The lowest BCUT2D eigenvalue weighted by Crippen LogP contribution is -2.25. The number of nitrogens with zero attached hydrogens (tertiary/aromatic N) is 2. The average molecular weight is 283 g/mol. The van der Waals surface area contributed by atoms with E-state index in [1.807, 2.05) is 26.0 Å². The van der Waals surface area contributed by atoms with Crippen molar-refractivity contribution in [3.63, 3.8) is 0 Å².